The lowest BCUT2D eigenvalue weighted by Crippen LogP contribution is -2.23. The van der Waals surface area contributed by atoms with Gasteiger partial charge in [0.05, 0.1) is 5.69 Å². The Morgan fingerprint density at radius 1 is 1.54 bits per heavy atom. The summed E-state index contributed by atoms with van der Waals surface area (Å²) in [6, 6.07) is 4.90. The predicted molar refractivity (Wildman–Crippen MR) is 53.6 cm³/mol. The zero-order valence-corrected chi connectivity index (χ0v) is 7.43. The first-order valence-corrected chi connectivity index (χ1v) is 4.10. The molecule has 0 fully saturated rings. The Balaban J connectivity index is 2.43. The van der Waals surface area contributed by atoms with Crippen molar-refractivity contribution in [3.63, 3.8) is 0 Å². The molecule has 1 N–H and O–H groups in total. The summed E-state index contributed by atoms with van der Waals surface area (Å²) in [5.74, 6) is 0.695. The fourth-order valence-electron chi connectivity index (χ4n) is 1.13. The van der Waals surface area contributed by atoms with Crippen LogP contribution < -0.4 is 10.1 Å². The van der Waals surface area contributed by atoms with E-state index in [4.69, 9.17) is 17.0 Å². The van der Waals surface area contributed by atoms with Crippen LogP contribution in [0.2, 0.25) is 0 Å². The molecule has 13 heavy (non-hydrogen) atoms. The lowest BCUT2D eigenvalue weighted by molar-refractivity contribution is 0.375. The molecule has 0 bridgehead atoms. The second-order valence-corrected chi connectivity index (χ2v) is 3.10. The summed E-state index contributed by atoms with van der Waals surface area (Å²) in [6.45, 7) is 0.385. The number of rotatable bonds is 1. The molecule has 0 aromatic heterocycles. The summed E-state index contributed by atoms with van der Waals surface area (Å²) in [5, 5.41) is 5.76. The maximum atomic E-state index is 10.2. The largest absolute Gasteiger partial charge is 0.484 e. The van der Waals surface area contributed by atoms with Crippen LogP contribution in [0.1, 0.15) is 0 Å². The molecular weight excluding hydrogens is 188 g/mol. The molecule has 0 amide bonds. The number of nitroso groups, excluding NO2 is 1. The van der Waals surface area contributed by atoms with Gasteiger partial charge in [-0.15, -0.1) is 4.91 Å². The average Bonchev–Trinajstić information content (AvgIpc) is 2.16. The average molecular weight is 194 g/mol. The van der Waals surface area contributed by atoms with Crippen molar-refractivity contribution in [2.45, 2.75) is 0 Å². The Kier molecular flexibility index (Phi) is 1.94. The van der Waals surface area contributed by atoms with Crippen molar-refractivity contribution in [3.05, 3.63) is 23.1 Å². The van der Waals surface area contributed by atoms with Gasteiger partial charge in [-0.05, 0) is 23.4 Å². The Morgan fingerprint density at radius 3 is 3.15 bits per heavy atom. The molecule has 0 spiro atoms. The summed E-state index contributed by atoms with van der Waals surface area (Å²) in [5.41, 5.74) is 1.06. The van der Waals surface area contributed by atoms with Crippen LogP contribution in [0.15, 0.2) is 23.4 Å². The molecular formula is C8H6N2O2S. The third-order valence-electron chi connectivity index (χ3n) is 1.70. The molecule has 0 aliphatic carbocycles. The van der Waals surface area contributed by atoms with Crippen molar-refractivity contribution in [3.8, 4) is 5.75 Å². The van der Waals surface area contributed by atoms with Gasteiger partial charge < -0.3 is 10.1 Å². The number of anilines is 1. The highest BCUT2D eigenvalue weighted by molar-refractivity contribution is 7.80. The minimum Gasteiger partial charge on any atom is -0.484 e. The summed E-state index contributed by atoms with van der Waals surface area (Å²) in [4.78, 5) is 10.8. The van der Waals surface area contributed by atoms with E-state index < -0.39 is 0 Å². The molecule has 1 aromatic rings. The number of hydrogen-bond donors (Lipinski definition) is 1. The number of fused-ring (bicyclic) bond motifs is 1. The van der Waals surface area contributed by atoms with E-state index in [1.807, 2.05) is 0 Å². The van der Waals surface area contributed by atoms with Crippen LogP contribution in [-0.2, 0) is 0 Å². The predicted octanol–water partition coefficient (Wildman–Crippen LogP) is 2.22. The molecule has 5 heteroatoms. The van der Waals surface area contributed by atoms with E-state index in [0.717, 1.165) is 0 Å². The molecule has 0 saturated carbocycles. The maximum Gasteiger partial charge on any atom is 0.143 e. The third-order valence-corrected chi connectivity index (χ3v) is 1.92. The second kappa shape index (κ2) is 3.10. The second-order valence-electron chi connectivity index (χ2n) is 2.61. The summed E-state index contributed by atoms with van der Waals surface area (Å²) in [7, 11) is 0. The van der Waals surface area contributed by atoms with E-state index in [2.05, 4.69) is 10.5 Å². The molecule has 0 saturated heterocycles. The first kappa shape index (κ1) is 8.12. The van der Waals surface area contributed by atoms with Crippen LogP contribution >= 0.6 is 12.2 Å². The Bertz CT molecular complexity index is 378. The summed E-state index contributed by atoms with van der Waals surface area (Å²) < 4.78 is 5.29. The zero-order chi connectivity index (χ0) is 9.26. The van der Waals surface area contributed by atoms with Crippen LogP contribution in [0, 0.1) is 4.91 Å². The summed E-state index contributed by atoms with van der Waals surface area (Å²) in [6.07, 6.45) is 0. The van der Waals surface area contributed by atoms with Crippen LogP contribution in [0.3, 0.4) is 0 Å². The molecule has 1 aliphatic rings. The summed E-state index contributed by atoms with van der Waals surface area (Å²) >= 11 is 4.92. The fourth-order valence-corrected chi connectivity index (χ4v) is 1.30. The SMILES string of the molecule is O=Nc1ccc2c(c1)NC(=S)CO2. The molecule has 4 nitrogen and oxygen atoms in total. The van der Waals surface area contributed by atoms with Crippen molar-refractivity contribution < 1.29 is 4.74 Å². The molecule has 1 heterocycles. The van der Waals surface area contributed by atoms with Gasteiger partial charge in [0.25, 0.3) is 0 Å². The van der Waals surface area contributed by atoms with Crippen LogP contribution in [-0.4, -0.2) is 11.6 Å². The first-order chi connectivity index (χ1) is 6.29. The van der Waals surface area contributed by atoms with Gasteiger partial charge in [-0.3, -0.25) is 0 Å². The standard InChI is InChI=1S/C8H6N2O2S/c11-10-5-1-2-7-6(3-5)9-8(13)4-12-7/h1-3H,4H2,(H,9,13). The van der Waals surface area contributed by atoms with E-state index in [-0.39, 0.29) is 0 Å². The Hall–Kier alpha value is -1.49. The highest BCUT2D eigenvalue weighted by Gasteiger charge is 2.13. The van der Waals surface area contributed by atoms with Gasteiger partial charge in [0.2, 0.25) is 0 Å². The highest BCUT2D eigenvalue weighted by Crippen LogP contribution is 2.31. The van der Waals surface area contributed by atoms with E-state index >= 15 is 0 Å². The number of nitrogens with zero attached hydrogens (tertiary/aromatic N) is 1. The normalized spacial score (nSPS) is 14.0. The number of nitrogens with one attached hydrogen (secondary N) is 1. The van der Waals surface area contributed by atoms with Gasteiger partial charge in [0.15, 0.2) is 0 Å². The van der Waals surface area contributed by atoms with Gasteiger partial charge in [-0.25, -0.2) is 0 Å². The number of ether oxygens (including phenoxy) is 1. The third kappa shape index (κ3) is 1.50. The molecule has 0 atom stereocenters. The van der Waals surface area contributed by atoms with Crippen molar-refractivity contribution in [1.82, 2.24) is 0 Å². The van der Waals surface area contributed by atoms with Gasteiger partial charge in [0, 0.05) is 0 Å². The molecule has 0 radical (unpaired) electrons. The minimum atomic E-state index is 0.361. The van der Waals surface area contributed by atoms with Crippen molar-refractivity contribution in [1.29, 1.82) is 0 Å². The molecule has 1 aromatic carbocycles. The Morgan fingerprint density at radius 2 is 2.38 bits per heavy atom. The highest BCUT2D eigenvalue weighted by atomic mass is 32.1. The topological polar surface area (TPSA) is 50.7 Å². The van der Waals surface area contributed by atoms with E-state index in [0.29, 0.717) is 28.7 Å². The number of benzene rings is 1. The lowest BCUT2D eigenvalue weighted by Gasteiger charge is -2.19. The zero-order valence-electron chi connectivity index (χ0n) is 6.61. The molecule has 0 unspecified atom stereocenters. The van der Waals surface area contributed by atoms with Gasteiger partial charge in [-0.2, -0.15) is 0 Å². The van der Waals surface area contributed by atoms with Gasteiger partial charge in [-0.1, -0.05) is 12.2 Å². The van der Waals surface area contributed by atoms with E-state index in [1.54, 1.807) is 18.2 Å². The monoisotopic (exact) mass is 194 g/mol. The van der Waals surface area contributed by atoms with Crippen LogP contribution in [0.4, 0.5) is 11.4 Å². The molecule has 2 rings (SSSR count). The minimum absolute atomic E-state index is 0.361. The van der Waals surface area contributed by atoms with Gasteiger partial charge in [0.1, 0.15) is 23.0 Å². The van der Waals surface area contributed by atoms with Gasteiger partial charge >= 0.3 is 0 Å². The van der Waals surface area contributed by atoms with Crippen molar-refractivity contribution >= 4 is 28.6 Å². The van der Waals surface area contributed by atoms with Crippen molar-refractivity contribution in [2.75, 3.05) is 11.9 Å². The quantitative estimate of drug-likeness (QED) is 0.550. The number of hydrogen-bond acceptors (Lipinski definition) is 4. The lowest BCUT2D eigenvalue weighted by atomic mass is 10.2. The van der Waals surface area contributed by atoms with Crippen LogP contribution in [0.5, 0.6) is 5.75 Å². The molecule has 1 aliphatic heterocycles. The Labute approximate surface area is 79.9 Å². The smallest absolute Gasteiger partial charge is 0.143 e. The fraction of sp³-hybridized carbons (Fsp3) is 0.125. The number of thiocarbonyl (C=S) groups is 1. The van der Waals surface area contributed by atoms with E-state index in [9.17, 15) is 4.91 Å². The maximum absolute atomic E-state index is 10.2. The van der Waals surface area contributed by atoms with E-state index in [1.165, 1.54) is 0 Å². The first-order valence-electron chi connectivity index (χ1n) is 3.69. The van der Waals surface area contributed by atoms with Crippen LogP contribution in [0.25, 0.3) is 0 Å². The van der Waals surface area contributed by atoms with Crippen molar-refractivity contribution in [2.24, 2.45) is 5.18 Å². The molecule has 66 valence electrons.